The summed E-state index contributed by atoms with van der Waals surface area (Å²) in [7, 11) is 0.500. The maximum Gasteiger partial charge on any atom is 0.330 e. The summed E-state index contributed by atoms with van der Waals surface area (Å²) in [6.07, 6.45) is 2.19. The molecule has 9 heteroatoms. The van der Waals surface area contributed by atoms with Crippen molar-refractivity contribution < 1.29 is 23.0 Å². The molecule has 0 spiro atoms. The van der Waals surface area contributed by atoms with E-state index in [1.54, 1.807) is 0 Å². The number of alkyl halides is 3. The SMILES string of the molecule is CF.FCF.O=c1ccn(C2CCC(CO)O2)c(=O)[nH]1. The molecule has 1 aromatic heterocycles. The standard InChI is InChI=1S/C9H12N2O4.CH2F2.CH3F/c12-5-6-1-2-8(15-6)11-4-3-7(13)10-9(11)14;2-1-3;1-2/h3-4,6,8,12H,1-2,5H2,(H,10,13,14);1H2;1H3. The molecule has 0 amide bonds. The summed E-state index contributed by atoms with van der Waals surface area (Å²) < 4.78 is 35.5. The smallest absolute Gasteiger partial charge is 0.330 e. The average Bonchev–Trinajstić information content (AvgIpc) is 2.90. The van der Waals surface area contributed by atoms with Gasteiger partial charge in [-0.25, -0.2) is 13.6 Å². The van der Waals surface area contributed by atoms with Gasteiger partial charge in [0.05, 0.1) is 19.9 Å². The molecule has 0 radical (unpaired) electrons. The summed E-state index contributed by atoms with van der Waals surface area (Å²) in [4.78, 5) is 24.4. The Morgan fingerprint density at radius 1 is 1.40 bits per heavy atom. The van der Waals surface area contributed by atoms with Gasteiger partial charge in [0.2, 0.25) is 6.93 Å². The lowest BCUT2D eigenvalue weighted by Crippen LogP contribution is -2.31. The molecule has 0 aromatic carbocycles. The predicted octanol–water partition coefficient (Wildman–Crippen LogP) is 0.675. The summed E-state index contributed by atoms with van der Waals surface area (Å²) in [5, 5.41) is 8.87. The van der Waals surface area contributed by atoms with Crippen molar-refractivity contribution >= 4 is 0 Å². The van der Waals surface area contributed by atoms with Gasteiger partial charge in [0, 0.05) is 12.3 Å². The van der Waals surface area contributed by atoms with E-state index in [1.165, 1.54) is 16.8 Å². The van der Waals surface area contributed by atoms with Gasteiger partial charge in [-0.05, 0) is 12.8 Å². The zero-order valence-corrected chi connectivity index (χ0v) is 10.9. The number of aliphatic hydroxyl groups is 1. The van der Waals surface area contributed by atoms with Crippen LogP contribution in [0.5, 0.6) is 0 Å². The molecule has 2 heterocycles. The molecule has 2 atom stereocenters. The van der Waals surface area contributed by atoms with Gasteiger partial charge in [0.25, 0.3) is 5.56 Å². The number of aromatic amines is 1. The van der Waals surface area contributed by atoms with Crippen LogP contribution in [0.15, 0.2) is 21.9 Å². The van der Waals surface area contributed by atoms with E-state index in [2.05, 4.69) is 4.98 Å². The number of hydrogen-bond donors (Lipinski definition) is 2. The Balaban J connectivity index is 0.000000641. The van der Waals surface area contributed by atoms with Crippen LogP contribution >= 0.6 is 0 Å². The number of hydrogen-bond acceptors (Lipinski definition) is 4. The van der Waals surface area contributed by atoms with Crippen molar-refractivity contribution in [3.63, 3.8) is 0 Å². The van der Waals surface area contributed by atoms with Crippen LogP contribution in [-0.4, -0.2) is 41.5 Å². The van der Waals surface area contributed by atoms with Crippen LogP contribution in [0.25, 0.3) is 0 Å². The summed E-state index contributed by atoms with van der Waals surface area (Å²) in [6.45, 7) is -1.80. The second-order valence-electron chi connectivity index (χ2n) is 3.59. The molecule has 20 heavy (non-hydrogen) atoms. The van der Waals surface area contributed by atoms with Crippen molar-refractivity contribution in [3.05, 3.63) is 33.1 Å². The number of rotatable bonds is 2. The van der Waals surface area contributed by atoms with Crippen molar-refractivity contribution in [2.24, 2.45) is 0 Å². The lowest BCUT2D eigenvalue weighted by Gasteiger charge is -2.13. The van der Waals surface area contributed by atoms with Crippen LogP contribution in [0.4, 0.5) is 13.2 Å². The highest BCUT2D eigenvalue weighted by Crippen LogP contribution is 2.26. The van der Waals surface area contributed by atoms with E-state index in [4.69, 9.17) is 9.84 Å². The molecular formula is C11H17F3N2O4. The fraction of sp³-hybridized carbons (Fsp3) is 0.636. The predicted molar refractivity (Wildman–Crippen MR) is 65.7 cm³/mol. The van der Waals surface area contributed by atoms with Gasteiger partial charge in [-0.2, -0.15) is 0 Å². The van der Waals surface area contributed by atoms with Crippen LogP contribution < -0.4 is 11.2 Å². The second-order valence-corrected chi connectivity index (χ2v) is 3.59. The number of ether oxygens (including phenoxy) is 1. The van der Waals surface area contributed by atoms with Gasteiger partial charge in [-0.3, -0.25) is 18.7 Å². The summed E-state index contributed by atoms with van der Waals surface area (Å²) in [5.41, 5.74) is -0.904. The third-order valence-corrected chi connectivity index (χ3v) is 2.45. The van der Waals surface area contributed by atoms with Gasteiger partial charge in [0.15, 0.2) is 0 Å². The minimum atomic E-state index is -1.75. The van der Waals surface area contributed by atoms with Crippen molar-refractivity contribution in [2.75, 3.05) is 20.7 Å². The molecule has 116 valence electrons. The summed E-state index contributed by atoms with van der Waals surface area (Å²) in [6, 6.07) is 1.27. The van der Waals surface area contributed by atoms with Gasteiger partial charge < -0.3 is 9.84 Å². The Morgan fingerprint density at radius 2 is 2.00 bits per heavy atom. The largest absolute Gasteiger partial charge is 0.394 e. The molecule has 0 saturated carbocycles. The first kappa shape index (κ1) is 18.4. The highest BCUT2D eigenvalue weighted by molar-refractivity contribution is 4.85. The van der Waals surface area contributed by atoms with Gasteiger partial charge in [0.1, 0.15) is 6.23 Å². The van der Waals surface area contributed by atoms with Crippen molar-refractivity contribution in [3.8, 4) is 0 Å². The van der Waals surface area contributed by atoms with Crippen LogP contribution in [-0.2, 0) is 4.74 Å². The monoisotopic (exact) mass is 298 g/mol. The second kappa shape index (κ2) is 10.2. The molecule has 6 nitrogen and oxygen atoms in total. The zero-order valence-electron chi connectivity index (χ0n) is 10.9. The highest BCUT2D eigenvalue weighted by Gasteiger charge is 2.26. The summed E-state index contributed by atoms with van der Waals surface area (Å²) in [5.74, 6) is 0. The Bertz CT molecular complexity index is 477. The van der Waals surface area contributed by atoms with Gasteiger partial charge in [-0.1, -0.05) is 0 Å². The molecule has 2 rings (SSSR count). The van der Waals surface area contributed by atoms with Crippen LogP contribution in [0.2, 0.25) is 0 Å². The first-order valence-corrected chi connectivity index (χ1v) is 5.70. The molecular weight excluding hydrogens is 281 g/mol. The van der Waals surface area contributed by atoms with Crippen molar-refractivity contribution in [2.45, 2.75) is 25.2 Å². The highest BCUT2D eigenvalue weighted by atomic mass is 19.3. The molecule has 1 aromatic rings. The van der Waals surface area contributed by atoms with Gasteiger partial charge >= 0.3 is 5.69 Å². The average molecular weight is 298 g/mol. The maximum absolute atomic E-state index is 11.4. The van der Waals surface area contributed by atoms with Crippen LogP contribution in [0, 0.1) is 0 Å². The number of nitrogens with one attached hydrogen (secondary N) is 1. The van der Waals surface area contributed by atoms with E-state index in [-0.39, 0.29) is 18.9 Å². The van der Waals surface area contributed by atoms with E-state index in [9.17, 15) is 22.8 Å². The fourth-order valence-corrected chi connectivity index (χ4v) is 1.68. The number of nitrogens with zero attached hydrogens (tertiary/aromatic N) is 1. The molecule has 0 bridgehead atoms. The molecule has 2 N–H and O–H groups in total. The molecule has 2 unspecified atom stereocenters. The first-order valence-electron chi connectivity index (χ1n) is 5.70. The lowest BCUT2D eigenvalue weighted by molar-refractivity contribution is -0.0246. The molecule has 1 aliphatic rings. The minimum absolute atomic E-state index is 0.0470. The number of aliphatic hydroxyl groups excluding tert-OH is 1. The van der Waals surface area contributed by atoms with E-state index >= 15 is 0 Å². The molecule has 1 aliphatic heterocycles. The number of H-pyrrole nitrogens is 1. The summed E-state index contributed by atoms with van der Waals surface area (Å²) >= 11 is 0. The number of aromatic nitrogens is 2. The van der Waals surface area contributed by atoms with Crippen LogP contribution in [0.3, 0.4) is 0 Å². The quantitative estimate of drug-likeness (QED) is 0.840. The third-order valence-electron chi connectivity index (χ3n) is 2.45. The molecule has 0 aliphatic carbocycles. The maximum atomic E-state index is 11.4. The van der Waals surface area contributed by atoms with E-state index in [0.717, 1.165) is 0 Å². The Morgan fingerprint density at radius 3 is 2.45 bits per heavy atom. The Labute approximate surface area is 112 Å². The van der Waals surface area contributed by atoms with Crippen molar-refractivity contribution in [1.29, 1.82) is 0 Å². The molecule has 1 fully saturated rings. The van der Waals surface area contributed by atoms with E-state index in [0.29, 0.717) is 20.0 Å². The van der Waals surface area contributed by atoms with Crippen molar-refractivity contribution in [1.82, 2.24) is 9.55 Å². The van der Waals surface area contributed by atoms with E-state index in [1.807, 2.05) is 0 Å². The minimum Gasteiger partial charge on any atom is -0.394 e. The molecule has 1 saturated heterocycles. The Hall–Kier alpha value is -1.61. The van der Waals surface area contributed by atoms with E-state index < -0.39 is 18.2 Å². The lowest BCUT2D eigenvalue weighted by atomic mass is 10.2. The zero-order chi connectivity index (χ0) is 15.5. The van der Waals surface area contributed by atoms with Crippen LogP contribution in [0.1, 0.15) is 19.1 Å². The first-order chi connectivity index (χ1) is 9.62. The van der Waals surface area contributed by atoms with Gasteiger partial charge in [-0.15, -0.1) is 0 Å². The normalized spacial score (nSPS) is 20.4. The third kappa shape index (κ3) is 5.57. The topological polar surface area (TPSA) is 84.3 Å². The number of halogens is 3. The Kier molecular flexibility index (Phi) is 9.39. The fourth-order valence-electron chi connectivity index (χ4n) is 1.68.